The van der Waals surface area contributed by atoms with Gasteiger partial charge in [-0.1, -0.05) is 12.8 Å². The normalized spacial score (nSPS) is 27.0. The molecule has 1 aliphatic rings. The molecule has 1 aromatic rings. The van der Waals surface area contributed by atoms with Crippen molar-refractivity contribution in [2.24, 2.45) is 0 Å². The molecule has 2 N–H and O–H groups in total. The molecule has 5 heteroatoms. The first-order chi connectivity index (χ1) is 8.99. The highest BCUT2D eigenvalue weighted by Gasteiger charge is 2.41. The van der Waals surface area contributed by atoms with E-state index in [0.29, 0.717) is 24.2 Å². The molecule has 2 rings (SSSR count). The molecule has 0 amide bonds. The maximum Gasteiger partial charge on any atom is 0.335 e. The average molecular weight is 285 g/mol. The lowest BCUT2D eigenvalue weighted by atomic mass is 9.78. The van der Waals surface area contributed by atoms with Crippen molar-refractivity contribution in [1.29, 1.82) is 0 Å². The number of aromatic carboxylic acids is 1. The minimum Gasteiger partial charge on any atom is -0.496 e. The summed E-state index contributed by atoms with van der Waals surface area (Å²) in [6.45, 7) is 0. The van der Waals surface area contributed by atoms with E-state index >= 15 is 0 Å². The number of halogens is 1. The third-order valence-electron chi connectivity index (χ3n) is 3.70. The van der Waals surface area contributed by atoms with Gasteiger partial charge in [-0.25, -0.2) is 4.79 Å². The van der Waals surface area contributed by atoms with Crippen LogP contribution in [-0.4, -0.2) is 28.7 Å². The predicted octanol–water partition coefficient (Wildman–Crippen LogP) is 2.76. The first-order valence-electron chi connectivity index (χ1n) is 6.27. The summed E-state index contributed by atoms with van der Waals surface area (Å²) in [5.74, 6) is -0.561. The SMILES string of the molecule is COc1ccc(C(=O)O)cc1[C@@]1(O)CCCC[C@@H]1Cl. The zero-order chi connectivity index (χ0) is 14.0. The van der Waals surface area contributed by atoms with Gasteiger partial charge in [0.15, 0.2) is 0 Å². The Labute approximate surface area is 117 Å². The second-order valence-electron chi connectivity index (χ2n) is 4.86. The molecule has 1 aromatic carbocycles. The highest BCUT2D eigenvalue weighted by Crippen LogP contribution is 2.44. The average Bonchev–Trinajstić information content (AvgIpc) is 2.41. The minimum absolute atomic E-state index is 0.124. The molecule has 0 aliphatic heterocycles. The van der Waals surface area contributed by atoms with Crippen molar-refractivity contribution >= 4 is 17.6 Å². The molecule has 4 nitrogen and oxygen atoms in total. The van der Waals surface area contributed by atoms with Crippen molar-refractivity contribution in [1.82, 2.24) is 0 Å². The van der Waals surface area contributed by atoms with E-state index in [0.717, 1.165) is 12.8 Å². The van der Waals surface area contributed by atoms with Crippen LogP contribution in [-0.2, 0) is 5.60 Å². The first-order valence-corrected chi connectivity index (χ1v) is 6.71. The summed E-state index contributed by atoms with van der Waals surface area (Å²) in [5.41, 5.74) is -0.635. The summed E-state index contributed by atoms with van der Waals surface area (Å²) in [4.78, 5) is 11.1. The molecule has 2 atom stereocenters. The van der Waals surface area contributed by atoms with E-state index in [1.54, 1.807) is 6.07 Å². The Balaban J connectivity index is 2.51. The number of alkyl halides is 1. The number of carbonyl (C=O) groups is 1. The van der Waals surface area contributed by atoms with Gasteiger partial charge in [0.25, 0.3) is 0 Å². The number of methoxy groups -OCH3 is 1. The van der Waals surface area contributed by atoms with Crippen LogP contribution in [0.3, 0.4) is 0 Å². The van der Waals surface area contributed by atoms with Crippen molar-refractivity contribution in [2.75, 3.05) is 7.11 Å². The summed E-state index contributed by atoms with van der Waals surface area (Å²) >= 11 is 6.27. The molecule has 1 aliphatic carbocycles. The van der Waals surface area contributed by atoms with Gasteiger partial charge in [-0.3, -0.25) is 0 Å². The minimum atomic E-state index is -1.23. The van der Waals surface area contributed by atoms with Crippen LogP contribution in [0.4, 0.5) is 0 Å². The molecular formula is C14H17ClO4. The van der Waals surface area contributed by atoms with Crippen molar-refractivity contribution in [3.8, 4) is 5.75 Å². The Hall–Kier alpha value is -1.26. The molecule has 1 fully saturated rings. The topological polar surface area (TPSA) is 66.8 Å². The summed E-state index contributed by atoms with van der Waals surface area (Å²) in [6, 6.07) is 4.48. The second kappa shape index (κ2) is 5.39. The van der Waals surface area contributed by atoms with Gasteiger partial charge in [0.05, 0.1) is 18.1 Å². The molecule has 0 heterocycles. The Morgan fingerprint density at radius 1 is 1.47 bits per heavy atom. The van der Waals surface area contributed by atoms with Crippen molar-refractivity contribution in [2.45, 2.75) is 36.7 Å². The van der Waals surface area contributed by atoms with Crippen molar-refractivity contribution in [3.63, 3.8) is 0 Å². The smallest absolute Gasteiger partial charge is 0.335 e. The summed E-state index contributed by atoms with van der Waals surface area (Å²) in [6.07, 6.45) is 3.05. The van der Waals surface area contributed by atoms with Crippen LogP contribution in [0.2, 0.25) is 0 Å². The van der Waals surface area contributed by atoms with Gasteiger partial charge in [0.2, 0.25) is 0 Å². The molecule has 19 heavy (non-hydrogen) atoms. The van der Waals surface area contributed by atoms with E-state index < -0.39 is 16.9 Å². The van der Waals surface area contributed by atoms with E-state index in [9.17, 15) is 9.90 Å². The van der Waals surface area contributed by atoms with E-state index in [-0.39, 0.29) is 5.56 Å². The molecule has 0 saturated heterocycles. The molecule has 104 valence electrons. The van der Waals surface area contributed by atoms with E-state index in [4.69, 9.17) is 21.4 Å². The van der Waals surface area contributed by atoms with Crippen molar-refractivity contribution in [3.05, 3.63) is 29.3 Å². The van der Waals surface area contributed by atoms with Crippen LogP contribution in [0.25, 0.3) is 0 Å². The molecular weight excluding hydrogens is 268 g/mol. The standard InChI is InChI=1S/C14H17ClO4/c1-19-11-6-5-9(13(16)17)8-10(11)14(18)7-3-2-4-12(14)15/h5-6,8,12,18H,2-4,7H2,1H3,(H,16,17)/t12-,14-/m0/s1. The van der Waals surface area contributed by atoms with Gasteiger partial charge < -0.3 is 14.9 Å². The quantitative estimate of drug-likeness (QED) is 0.838. The van der Waals surface area contributed by atoms with Crippen LogP contribution >= 0.6 is 11.6 Å². The number of aliphatic hydroxyl groups is 1. The summed E-state index contributed by atoms with van der Waals surface area (Å²) < 4.78 is 5.24. The lowest BCUT2D eigenvalue weighted by molar-refractivity contribution is 0.00177. The highest BCUT2D eigenvalue weighted by molar-refractivity contribution is 6.21. The number of carboxylic acids is 1. The number of rotatable bonds is 3. The van der Waals surface area contributed by atoms with E-state index in [1.807, 2.05) is 0 Å². The first kappa shape index (κ1) is 14.2. The number of hydrogen-bond donors (Lipinski definition) is 2. The number of ether oxygens (including phenoxy) is 1. The van der Waals surface area contributed by atoms with Crippen molar-refractivity contribution < 1.29 is 19.7 Å². The third-order valence-corrected chi connectivity index (χ3v) is 4.28. The lowest BCUT2D eigenvalue weighted by Gasteiger charge is -2.37. The Bertz CT molecular complexity index is 488. The maximum atomic E-state index is 11.1. The maximum absolute atomic E-state index is 11.1. The molecule has 0 radical (unpaired) electrons. The van der Waals surface area contributed by atoms with Gasteiger partial charge in [0.1, 0.15) is 11.4 Å². The zero-order valence-electron chi connectivity index (χ0n) is 10.7. The molecule has 0 unspecified atom stereocenters. The predicted molar refractivity (Wildman–Crippen MR) is 72.0 cm³/mol. The summed E-state index contributed by atoms with van der Waals surface area (Å²) in [7, 11) is 1.49. The fourth-order valence-corrected chi connectivity index (χ4v) is 2.98. The van der Waals surface area contributed by atoms with Crippen LogP contribution in [0.15, 0.2) is 18.2 Å². The number of carboxylic acid groups (broad SMARTS) is 1. The Kier molecular flexibility index (Phi) is 4.02. The second-order valence-corrected chi connectivity index (χ2v) is 5.38. The molecule has 1 saturated carbocycles. The Morgan fingerprint density at radius 2 is 2.21 bits per heavy atom. The fourth-order valence-electron chi connectivity index (χ4n) is 2.60. The largest absolute Gasteiger partial charge is 0.496 e. The van der Waals surface area contributed by atoms with Crippen LogP contribution < -0.4 is 4.74 Å². The third kappa shape index (κ3) is 2.55. The lowest BCUT2D eigenvalue weighted by Crippen LogP contribution is -2.39. The van der Waals surface area contributed by atoms with Crippen LogP contribution in [0, 0.1) is 0 Å². The summed E-state index contributed by atoms with van der Waals surface area (Å²) in [5, 5.41) is 19.5. The van der Waals surface area contributed by atoms with Crippen LogP contribution in [0.5, 0.6) is 5.75 Å². The van der Waals surface area contributed by atoms with Gasteiger partial charge in [-0.05, 0) is 31.0 Å². The Morgan fingerprint density at radius 3 is 2.79 bits per heavy atom. The van der Waals surface area contributed by atoms with Gasteiger partial charge in [-0.15, -0.1) is 11.6 Å². The molecule has 0 bridgehead atoms. The van der Waals surface area contributed by atoms with Gasteiger partial charge >= 0.3 is 5.97 Å². The fraction of sp³-hybridized carbons (Fsp3) is 0.500. The zero-order valence-corrected chi connectivity index (χ0v) is 11.5. The van der Waals surface area contributed by atoms with Crippen LogP contribution in [0.1, 0.15) is 41.6 Å². The number of benzene rings is 1. The molecule has 0 spiro atoms. The molecule has 0 aromatic heterocycles. The van der Waals surface area contributed by atoms with Gasteiger partial charge in [-0.2, -0.15) is 0 Å². The highest BCUT2D eigenvalue weighted by atomic mass is 35.5. The monoisotopic (exact) mass is 284 g/mol. The number of hydrogen-bond acceptors (Lipinski definition) is 3. The van der Waals surface area contributed by atoms with E-state index in [2.05, 4.69) is 0 Å². The van der Waals surface area contributed by atoms with Gasteiger partial charge in [0, 0.05) is 5.56 Å². The van der Waals surface area contributed by atoms with E-state index in [1.165, 1.54) is 19.2 Å².